The maximum Gasteiger partial charge on any atom is 0.407 e. The number of likely N-dealkylation sites (N-methyl/N-ethyl adjacent to an activating group) is 1. The van der Waals surface area contributed by atoms with Gasteiger partial charge in [0.2, 0.25) is 0 Å². The van der Waals surface area contributed by atoms with Crippen LogP contribution in [0.5, 0.6) is 11.5 Å². The van der Waals surface area contributed by atoms with Gasteiger partial charge < -0.3 is 19.5 Å². The van der Waals surface area contributed by atoms with Crippen molar-refractivity contribution in [1.29, 1.82) is 0 Å². The van der Waals surface area contributed by atoms with Gasteiger partial charge in [-0.25, -0.2) is 4.79 Å². The van der Waals surface area contributed by atoms with E-state index in [1.165, 1.54) is 39.8 Å². The van der Waals surface area contributed by atoms with Gasteiger partial charge >= 0.3 is 6.09 Å². The molecule has 244 valence electrons. The number of benzene rings is 2. The molecular weight excluding hydrogens is 588 g/mol. The Balaban J connectivity index is 1.32. The number of carboxylic acid groups (broad SMARTS) is 1. The molecule has 1 unspecified atom stereocenters. The molecule has 0 aliphatic carbocycles. The van der Waals surface area contributed by atoms with E-state index in [2.05, 4.69) is 27.7 Å². The van der Waals surface area contributed by atoms with Crippen LogP contribution in [0.25, 0.3) is 6.08 Å². The first kappa shape index (κ1) is 34.4. The van der Waals surface area contributed by atoms with E-state index in [4.69, 9.17) is 9.47 Å². The zero-order valence-corrected chi connectivity index (χ0v) is 28.9. The van der Waals surface area contributed by atoms with E-state index < -0.39 is 11.7 Å². The van der Waals surface area contributed by atoms with Gasteiger partial charge in [-0.2, -0.15) is 0 Å². The van der Waals surface area contributed by atoms with E-state index in [1.54, 1.807) is 6.08 Å². The van der Waals surface area contributed by atoms with Crippen LogP contribution >= 0.6 is 11.8 Å². The largest absolute Gasteiger partial charge is 0.489 e. The highest BCUT2D eigenvalue weighted by atomic mass is 32.2. The monoisotopic (exact) mass is 636 g/mol. The molecule has 2 heterocycles. The molecule has 2 aliphatic rings. The molecule has 4 rings (SSSR count). The SMILES string of the molecule is Cc1c(C)c2c(c(C)c1CCCCCCN(C(=O)O)C(C)(C)C)CCC(C)(COc1ccc(/C=C3/SC(=O)N(C)C3=O)cc1)O2. The Morgan fingerprint density at radius 1 is 1.07 bits per heavy atom. The lowest BCUT2D eigenvalue weighted by Gasteiger charge is -2.38. The van der Waals surface area contributed by atoms with Crippen molar-refractivity contribution in [2.75, 3.05) is 20.2 Å². The van der Waals surface area contributed by atoms with Crippen LogP contribution in [-0.2, 0) is 17.6 Å². The number of unbranched alkanes of at least 4 members (excludes halogenated alkanes) is 3. The van der Waals surface area contributed by atoms with Gasteiger partial charge in [-0.15, -0.1) is 0 Å². The predicted molar refractivity (Wildman–Crippen MR) is 180 cm³/mol. The molecule has 8 nitrogen and oxygen atoms in total. The highest BCUT2D eigenvalue weighted by Gasteiger charge is 2.35. The average molecular weight is 637 g/mol. The molecule has 2 aromatic carbocycles. The third kappa shape index (κ3) is 8.04. The van der Waals surface area contributed by atoms with Gasteiger partial charge in [-0.3, -0.25) is 14.5 Å². The fourth-order valence-corrected chi connectivity index (χ4v) is 6.92. The van der Waals surface area contributed by atoms with Crippen molar-refractivity contribution in [1.82, 2.24) is 9.80 Å². The van der Waals surface area contributed by atoms with Gasteiger partial charge in [0, 0.05) is 19.1 Å². The average Bonchev–Trinajstić information content (AvgIpc) is 3.21. The molecule has 2 aliphatic heterocycles. The van der Waals surface area contributed by atoms with Gasteiger partial charge in [-0.1, -0.05) is 25.0 Å². The molecule has 1 atom stereocenters. The maximum absolute atomic E-state index is 12.2. The molecule has 0 saturated carbocycles. The Morgan fingerprint density at radius 3 is 2.33 bits per heavy atom. The lowest BCUT2D eigenvalue weighted by atomic mass is 9.84. The Kier molecular flexibility index (Phi) is 10.6. The normalized spacial score (nSPS) is 19.1. The lowest BCUT2D eigenvalue weighted by Crippen LogP contribution is -2.45. The summed E-state index contributed by atoms with van der Waals surface area (Å²) in [7, 11) is 1.49. The van der Waals surface area contributed by atoms with Crippen molar-refractivity contribution in [2.24, 2.45) is 0 Å². The summed E-state index contributed by atoms with van der Waals surface area (Å²) in [5.41, 5.74) is 6.52. The standard InChI is InChI=1S/C36H48N2O6S/c1-23-24(2)31-29(25(3)28(23)13-11-9-10-12-20-38(33(40)41)35(4,5)6)18-19-36(7,44-31)22-43-27-16-14-26(15-17-27)21-30-32(39)37(8)34(42)45-30/h14-17,21H,9-13,18-20,22H2,1-8H3,(H,40,41)/b30-21+. The van der Waals surface area contributed by atoms with Crippen molar-refractivity contribution in [3.8, 4) is 11.5 Å². The van der Waals surface area contributed by atoms with Crippen molar-refractivity contribution in [3.05, 3.63) is 62.6 Å². The number of imide groups is 1. The zero-order chi connectivity index (χ0) is 33.1. The fraction of sp³-hybridized carbons (Fsp3) is 0.528. The zero-order valence-electron chi connectivity index (χ0n) is 28.0. The van der Waals surface area contributed by atoms with E-state index in [-0.39, 0.29) is 16.7 Å². The number of ether oxygens (including phenoxy) is 2. The minimum absolute atomic E-state index is 0.264. The van der Waals surface area contributed by atoms with Crippen LogP contribution in [0.2, 0.25) is 0 Å². The van der Waals surface area contributed by atoms with Crippen LogP contribution in [0.3, 0.4) is 0 Å². The van der Waals surface area contributed by atoms with Crippen LogP contribution < -0.4 is 9.47 Å². The molecule has 45 heavy (non-hydrogen) atoms. The molecular formula is C36H48N2O6S. The molecule has 0 aromatic heterocycles. The highest BCUT2D eigenvalue weighted by molar-refractivity contribution is 8.18. The minimum atomic E-state index is -0.849. The number of thioether (sulfide) groups is 1. The first-order valence-corrected chi connectivity index (χ1v) is 16.7. The number of hydrogen-bond donors (Lipinski definition) is 1. The topological polar surface area (TPSA) is 96.4 Å². The number of nitrogens with zero attached hydrogens (tertiary/aromatic N) is 2. The summed E-state index contributed by atoms with van der Waals surface area (Å²) in [6, 6.07) is 7.52. The minimum Gasteiger partial charge on any atom is -0.489 e. The molecule has 0 bridgehead atoms. The second-order valence-electron chi connectivity index (χ2n) is 13.6. The van der Waals surface area contributed by atoms with Crippen molar-refractivity contribution in [2.45, 2.75) is 105 Å². The molecule has 0 spiro atoms. The fourth-order valence-electron chi connectivity index (χ4n) is 6.10. The lowest BCUT2D eigenvalue weighted by molar-refractivity contribution is -0.121. The van der Waals surface area contributed by atoms with E-state index >= 15 is 0 Å². The van der Waals surface area contributed by atoms with Crippen LogP contribution in [0, 0.1) is 20.8 Å². The molecule has 2 aromatic rings. The summed E-state index contributed by atoms with van der Waals surface area (Å²) >= 11 is 0.949. The molecule has 1 fully saturated rings. The van der Waals surface area contributed by atoms with Crippen molar-refractivity contribution in [3.63, 3.8) is 0 Å². The Labute approximate surface area is 272 Å². The van der Waals surface area contributed by atoms with Gasteiger partial charge in [0.15, 0.2) is 0 Å². The summed E-state index contributed by atoms with van der Waals surface area (Å²) in [5, 5.41) is 9.25. The quantitative estimate of drug-likeness (QED) is 0.196. The van der Waals surface area contributed by atoms with Crippen LogP contribution in [0.1, 0.15) is 93.2 Å². The first-order chi connectivity index (χ1) is 21.1. The third-order valence-corrected chi connectivity index (χ3v) is 10.1. The number of rotatable bonds is 11. The van der Waals surface area contributed by atoms with Crippen molar-refractivity contribution < 1.29 is 29.0 Å². The van der Waals surface area contributed by atoms with Crippen LogP contribution in [0.4, 0.5) is 9.59 Å². The van der Waals surface area contributed by atoms with E-state index in [0.29, 0.717) is 18.1 Å². The van der Waals surface area contributed by atoms with Crippen molar-refractivity contribution >= 4 is 35.1 Å². The summed E-state index contributed by atoms with van der Waals surface area (Å²) in [5.74, 6) is 1.43. The van der Waals surface area contributed by atoms with Gasteiger partial charge in [-0.05, 0) is 144 Å². The Morgan fingerprint density at radius 2 is 1.73 bits per heavy atom. The smallest absolute Gasteiger partial charge is 0.407 e. The van der Waals surface area contributed by atoms with E-state index in [0.717, 1.165) is 78.7 Å². The molecule has 1 N–H and O–H groups in total. The Bertz CT molecular complexity index is 1480. The number of amides is 3. The third-order valence-electron chi connectivity index (χ3n) is 9.10. The van der Waals surface area contributed by atoms with Crippen LogP contribution in [-0.4, -0.2) is 63.5 Å². The molecule has 9 heteroatoms. The van der Waals surface area contributed by atoms with E-state index in [9.17, 15) is 19.5 Å². The first-order valence-electron chi connectivity index (χ1n) is 15.9. The number of hydrogen-bond acceptors (Lipinski definition) is 6. The summed E-state index contributed by atoms with van der Waals surface area (Å²) < 4.78 is 12.9. The molecule has 1 saturated heterocycles. The van der Waals surface area contributed by atoms with E-state index in [1.807, 2.05) is 45.0 Å². The summed E-state index contributed by atoms with van der Waals surface area (Å²) in [6.45, 7) is 15.5. The number of carbonyl (C=O) groups excluding carboxylic acids is 2. The summed E-state index contributed by atoms with van der Waals surface area (Å²) in [6.07, 6.45) is 7.71. The van der Waals surface area contributed by atoms with Gasteiger partial charge in [0.25, 0.3) is 11.1 Å². The molecule has 3 amide bonds. The highest BCUT2D eigenvalue weighted by Crippen LogP contribution is 2.42. The second kappa shape index (κ2) is 13.9. The number of fused-ring (bicyclic) bond motifs is 1. The van der Waals surface area contributed by atoms with Crippen LogP contribution in [0.15, 0.2) is 29.2 Å². The number of carbonyl (C=O) groups is 3. The molecule has 0 radical (unpaired) electrons. The summed E-state index contributed by atoms with van der Waals surface area (Å²) in [4.78, 5) is 38.6. The van der Waals surface area contributed by atoms with Gasteiger partial charge in [0.05, 0.1) is 4.91 Å². The van der Waals surface area contributed by atoms with Gasteiger partial charge in [0.1, 0.15) is 23.7 Å². The predicted octanol–water partition coefficient (Wildman–Crippen LogP) is 8.32. The maximum atomic E-state index is 12.2. The Hall–Kier alpha value is -3.46. The second-order valence-corrected chi connectivity index (χ2v) is 14.6.